The van der Waals surface area contributed by atoms with E-state index in [1.165, 1.54) is 20.1 Å². The Morgan fingerprint density at radius 1 is 1.14 bits per heavy atom. The molecule has 0 fully saturated rings. The second-order valence-electron chi connectivity index (χ2n) is 9.18. The Labute approximate surface area is 218 Å². The van der Waals surface area contributed by atoms with Crippen LogP contribution in [0.5, 0.6) is 0 Å². The lowest BCUT2D eigenvalue weighted by molar-refractivity contribution is -0.114. The maximum Gasteiger partial charge on any atom is 0.271 e. The van der Waals surface area contributed by atoms with Crippen molar-refractivity contribution in [2.24, 2.45) is 5.92 Å². The van der Waals surface area contributed by atoms with Crippen LogP contribution in [0.3, 0.4) is 0 Å². The molecule has 1 unspecified atom stereocenters. The highest BCUT2D eigenvalue weighted by molar-refractivity contribution is 7.93. The monoisotopic (exact) mass is 529 g/mol. The predicted molar refractivity (Wildman–Crippen MR) is 143 cm³/mol. The molecule has 3 aromatic rings. The fourth-order valence-corrected chi connectivity index (χ4v) is 5.67. The highest BCUT2D eigenvalue weighted by Gasteiger charge is 2.38. The third kappa shape index (κ3) is 6.38. The number of amides is 1. The van der Waals surface area contributed by atoms with Crippen LogP contribution >= 0.6 is 0 Å². The van der Waals surface area contributed by atoms with Crippen LogP contribution in [0.2, 0.25) is 0 Å². The fourth-order valence-electron chi connectivity index (χ4n) is 3.95. The number of hydrogen-bond acceptors (Lipinski definition) is 7. The van der Waals surface area contributed by atoms with E-state index in [9.17, 15) is 13.2 Å². The zero-order valence-electron chi connectivity index (χ0n) is 22.4. The summed E-state index contributed by atoms with van der Waals surface area (Å²) in [7, 11) is -3.01. The number of hydrogen-bond donors (Lipinski definition) is 1. The molecule has 0 aliphatic carbocycles. The zero-order chi connectivity index (χ0) is 27.3. The molecule has 0 spiro atoms. The first kappa shape index (κ1) is 28.4. The molecule has 0 aliphatic rings. The van der Waals surface area contributed by atoms with Crippen LogP contribution in [0.4, 0.5) is 11.6 Å². The minimum absolute atomic E-state index is 0.0130. The van der Waals surface area contributed by atoms with E-state index in [4.69, 9.17) is 14.0 Å². The first-order valence-electron chi connectivity index (χ1n) is 12.1. The molecule has 1 atom stereocenters. The van der Waals surface area contributed by atoms with Crippen LogP contribution in [-0.2, 0) is 30.7 Å². The standard InChI is InChI=1S/C27H35N3O6S/c1-8-35-27(34-7)30(26-18(4)19(5)29-36-26)37(32,33)25-16-23(28-20(6)31)13-14-24(25)22-11-9-21(10-12-22)15-17(2)3/h9-14,16-17,27H,8,15H2,1-7H3,(H,28,31). The van der Waals surface area contributed by atoms with Gasteiger partial charge in [-0.25, -0.2) is 8.42 Å². The smallest absolute Gasteiger partial charge is 0.271 e. The zero-order valence-corrected chi connectivity index (χ0v) is 23.2. The molecule has 0 bridgehead atoms. The Balaban J connectivity index is 2.25. The van der Waals surface area contributed by atoms with Crippen molar-refractivity contribution in [3.8, 4) is 11.1 Å². The normalized spacial score (nSPS) is 12.5. The van der Waals surface area contributed by atoms with Crippen molar-refractivity contribution in [2.45, 2.75) is 59.3 Å². The van der Waals surface area contributed by atoms with Gasteiger partial charge < -0.3 is 19.3 Å². The van der Waals surface area contributed by atoms with E-state index < -0.39 is 16.4 Å². The lowest BCUT2D eigenvalue weighted by Crippen LogP contribution is -2.43. The van der Waals surface area contributed by atoms with E-state index in [1.807, 2.05) is 24.3 Å². The maximum absolute atomic E-state index is 14.4. The predicted octanol–water partition coefficient (Wildman–Crippen LogP) is 5.28. The lowest BCUT2D eigenvalue weighted by atomic mass is 9.99. The number of methoxy groups -OCH3 is 1. The van der Waals surface area contributed by atoms with Crippen LogP contribution in [-0.4, -0.2) is 39.6 Å². The molecule has 1 amide bonds. The van der Waals surface area contributed by atoms with Crippen molar-refractivity contribution in [2.75, 3.05) is 23.3 Å². The van der Waals surface area contributed by atoms with Gasteiger partial charge in [0.1, 0.15) is 0 Å². The number of anilines is 2. The highest BCUT2D eigenvalue weighted by atomic mass is 32.2. The summed E-state index contributed by atoms with van der Waals surface area (Å²) < 4.78 is 46.2. The molecule has 0 aliphatic heterocycles. The SMILES string of the molecule is CCOC(OC)N(c1onc(C)c1C)S(=O)(=O)c1cc(NC(C)=O)ccc1-c1ccc(CC(C)C)cc1. The van der Waals surface area contributed by atoms with Crippen LogP contribution in [0, 0.1) is 19.8 Å². The number of carbonyl (C=O) groups is 1. The molecule has 0 radical (unpaired) electrons. The average molecular weight is 530 g/mol. The molecule has 2 aromatic carbocycles. The minimum Gasteiger partial charge on any atom is -0.338 e. The summed E-state index contributed by atoms with van der Waals surface area (Å²) in [5.41, 5.74) is 3.72. The molecular formula is C27H35N3O6S. The molecule has 3 rings (SSSR count). The van der Waals surface area contributed by atoms with Crippen molar-refractivity contribution in [3.63, 3.8) is 0 Å². The first-order valence-corrected chi connectivity index (χ1v) is 13.6. The quantitative estimate of drug-likeness (QED) is 0.337. The molecule has 0 saturated carbocycles. The Morgan fingerprint density at radius 3 is 2.32 bits per heavy atom. The van der Waals surface area contributed by atoms with Crippen molar-refractivity contribution in [1.82, 2.24) is 5.16 Å². The number of aromatic nitrogens is 1. The second-order valence-corrected chi connectivity index (χ2v) is 11.0. The Morgan fingerprint density at radius 2 is 1.81 bits per heavy atom. The summed E-state index contributed by atoms with van der Waals surface area (Å²) in [6.45, 7) is 11.0. The average Bonchev–Trinajstić information content (AvgIpc) is 3.16. The second kappa shape index (κ2) is 11.9. The van der Waals surface area contributed by atoms with E-state index in [2.05, 4.69) is 24.3 Å². The van der Waals surface area contributed by atoms with Gasteiger partial charge in [-0.3, -0.25) is 4.79 Å². The molecule has 1 heterocycles. The fraction of sp³-hybridized carbons (Fsp3) is 0.407. The highest BCUT2D eigenvalue weighted by Crippen LogP contribution is 2.37. The van der Waals surface area contributed by atoms with Crippen LogP contribution in [0.1, 0.15) is 44.5 Å². The van der Waals surface area contributed by atoms with Crippen molar-refractivity contribution >= 4 is 27.5 Å². The number of nitrogens with one attached hydrogen (secondary N) is 1. The van der Waals surface area contributed by atoms with Gasteiger partial charge in [-0.15, -0.1) is 0 Å². The number of nitrogens with zero attached hydrogens (tertiary/aromatic N) is 2. The van der Waals surface area contributed by atoms with Gasteiger partial charge >= 0.3 is 0 Å². The third-order valence-corrected chi connectivity index (χ3v) is 7.53. The van der Waals surface area contributed by atoms with Gasteiger partial charge in [-0.05, 0) is 56.4 Å². The molecule has 1 N–H and O–H groups in total. The molecule has 0 saturated heterocycles. The first-order chi connectivity index (χ1) is 17.5. The van der Waals surface area contributed by atoms with E-state index in [1.54, 1.807) is 32.9 Å². The van der Waals surface area contributed by atoms with Gasteiger partial charge in [-0.1, -0.05) is 49.3 Å². The molecule has 1 aromatic heterocycles. The van der Waals surface area contributed by atoms with Gasteiger partial charge in [0.15, 0.2) is 0 Å². The molecule has 10 heteroatoms. The van der Waals surface area contributed by atoms with Crippen molar-refractivity contribution < 1.29 is 27.2 Å². The van der Waals surface area contributed by atoms with Gasteiger partial charge in [0.05, 0.1) is 10.6 Å². The number of carbonyl (C=O) groups excluding carboxylic acids is 1. The molecule has 37 heavy (non-hydrogen) atoms. The summed E-state index contributed by atoms with van der Waals surface area (Å²) in [5.74, 6) is 0.156. The van der Waals surface area contributed by atoms with E-state index in [0.29, 0.717) is 34.0 Å². The Kier molecular flexibility index (Phi) is 9.12. The minimum atomic E-state index is -4.36. The van der Waals surface area contributed by atoms with E-state index in [-0.39, 0.29) is 23.3 Å². The number of rotatable bonds is 11. The van der Waals surface area contributed by atoms with Crippen LogP contribution in [0.25, 0.3) is 11.1 Å². The van der Waals surface area contributed by atoms with Crippen molar-refractivity contribution in [3.05, 3.63) is 59.3 Å². The molecule has 9 nitrogen and oxygen atoms in total. The summed E-state index contributed by atoms with van der Waals surface area (Å²) in [6.07, 6.45) is -0.402. The topological polar surface area (TPSA) is 111 Å². The van der Waals surface area contributed by atoms with Crippen LogP contribution in [0.15, 0.2) is 51.9 Å². The third-order valence-electron chi connectivity index (χ3n) is 5.78. The summed E-state index contributed by atoms with van der Waals surface area (Å²) in [6, 6.07) is 12.6. The molecule has 200 valence electrons. The number of sulfonamides is 1. The van der Waals surface area contributed by atoms with Crippen molar-refractivity contribution in [1.29, 1.82) is 0 Å². The van der Waals surface area contributed by atoms with Gasteiger partial charge in [-0.2, -0.15) is 4.31 Å². The lowest BCUT2D eigenvalue weighted by Gasteiger charge is -2.29. The largest absolute Gasteiger partial charge is 0.338 e. The summed E-state index contributed by atoms with van der Waals surface area (Å²) in [4.78, 5) is 11.7. The summed E-state index contributed by atoms with van der Waals surface area (Å²) in [5, 5.41) is 6.61. The van der Waals surface area contributed by atoms with Gasteiger partial charge in [0, 0.05) is 37.5 Å². The van der Waals surface area contributed by atoms with Gasteiger partial charge in [0.2, 0.25) is 11.8 Å². The van der Waals surface area contributed by atoms with Gasteiger partial charge in [0.25, 0.3) is 16.4 Å². The number of benzene rings is 2. The number of aryl methyl sites for hydroxylation is 1. The maximum atomic E-state index is 14.4. The van der Waals surface area contributed by atoms with E-state index in [0.717, 1.165) is 16.3 Å². The Hall–Kier alpha value is -3.21. The summed E-state index contributed by atoms with van der Waals surface area (Å²) >= 11 is 0. The Bertz CT molecular complexity index is 1330. The van der Waals surface area contributed by atoms with E-state index >= 15 is 0 Å². The molecular weight excluding hydrogens is 494 g/mol. The number of ether oxygens (including phenoxy) is 2. The van der Waals surface area contributed by atoms with Crippen LogP contribution < -0.4 is 9.62 Å².